The molecule has 0 aromatic heterocycles. The van der Waals surface area contributed by atoms with E-state index >= 15 is 0 Å². The van der Waals surface area contributed by atoms with Crippen LogP contribution in [0.1, 0.15) is 25.8 Å². The summed E-state index contributed by atoms with van der Waals surface area (Å²) < 4.78 is 10.7. The zero-order valence-corrected chi connectivity index (χ0v) is 17.4. The van der Waals surface area contributed by atoms with Crippen LogP contribution in [0, 0.1) is 5.92 Å². The van der Waals surface area contributed by atoms with Crippen LogP contribution in [0.2, 0.25) is 0 Å². The van der Waals surface area contributed by atoms with Crippen LogP contribution < -0.4 is 14.4 Å². The third-order valence-corrected chi connectivity index (χ3v) is 5.25. The van der Waals surface area contributed by atoms with E-state index in [0.717, 1.165) is 5.56 Å². The molecule has 1 heterocycles. The van der Waals surface area contributed by atoms with Gasteiger partial charge in [0, 0.05) is 31.6 Å². The Labute approximate surface area is 172 Å². The predicted molar refractivity (Wildman–Crippen MR) is 112 cm³/mol. The molecule has 3 rings (SSSR count). The van der Waals surface area contributed by atoms with Gasteiger partial charge in [-0.1, -0.05) is 30.3 Å². The van der Waals surface area contributed by atoms with E-state index in [9.17, 15) is 9.59 Å². The molecule has 2 aromatic carbocycles. The molecule has 1 unspecified atom stereocenters. The molecule has 2 aromatic rings. The summed E-state index contributed by atoms with van der Waals surface area (Å²) in [5.41, 5.74) is 1.71. The van der Waals surface area contributed by atoms with Crippen molar-refractivity contribution in [2.75, 3.05) is 25.7 Å². The molecule has 29 heavy (non-hydrogen) atoms. The van der Waals surface area contributed by atoms with Crippen LogP contribution in [0.5, 0.6) is 11.5 Å². The molecule has 1 aliphatic heterocycles. The van der Waals surface area contributed by atoms with Gasteiger partial charge in [-0.25, -0.2) is 0 Å². The highest BCUT2D eigenvalue weighted by Crippen LogP contribution is 2.36. The third-order valence-electron chi connectivity index (χ3n) is 5.25. The first-order valence-electron chi connectivity index (χ1n) is 9.81. The molecule has 2 amide bonds. The smallest absolute Gasteiger partial charge is 0.228 e. The fourth-order valence-corrected chi connectivity index (χ4v) is 3.64. The van der Waals surface area contributed by atoms with E-state index in [1.807, 2.05) is 49.1 Å². The third kappa shape index (κ3) is 4.53. The summed E-state index contributed by atoms with van der Waals surface area (Å²) in [4.78, 5) is 29.5. The van der Waals surface area contributed by atoms with E-state index in [0.29, 0.717) is 30.3 Å². The molecular formula is C23H28N2O4. The van der Waals surface area contributed by atoms with Gasteiger partial charge in [-0.2, -0.15) is 0 Å². The number of hydrogen-bond donors (Lipinski definition) is 0. The van der Waals surface area contributed by atoms with Crippen LogP contribution in [0.3, 0.4) is 0 Å². The van der Waals surface area contributed by atoms with Gasteiger partial charge in [-0.15, -0.1) is 0 Å². The van der Waals surface area contributed by atoms with E-state index in [2.05, 4.69) is 0 Å². The first-order chi connectivity index (χ1) is 13.9. The molecule has 0 aliphatic carbocycles. The second kappa shape index (κ2) is 8.99. The van der Waals surface area contributed by atoms with Gasteiger partial charge in [-0.05, 0) is 31.5 Å². The molecule has 0 radical (unpaired) electrons. The summed E-state index contributed by atoms with van der Waals surface area (Å²) in [6, 6.07) is 15.3. The summed E-state index contributed by atoms with van der Waals surface area (Å²) in [5.74, 6) is 0.748. The van der Waals surface area contributed by atoms with Gasteiger partial charge >= 0.3 is 0 Å². The Morgan fingerprint density at radius 3 is 2.48 bits per heavy atom. The van der Waals surface area contributed by atoms with Gasteiger partial charge in [0.2, 0.25) is 11.8 Å². The van der Waals surface area contributed by atoms with E-state index in [1.54, 1.807) is 37.3 Å². The highest BCUT2D eigenvalue weighted by atomic mass is 16.5. The quantitative estimate of drug-likeness (QED) is 0.719. The molecule has 0 bridgehead atoms. The first kappa shape index (κ1) is 20.7. The summed E-state index contributed by atoms with van der Waals surface area (Å²) >= 11 is 0. The van der Waals surface area contributed by atoms with Crippen molar-refractivity contribution in [1.82, 2.24) is 4.90 Å². The lowest BCUT2D eigenvalue weighted by Gasteiger charge is -2.29. The molecule has 6 nitrogen and oxygen atoms in total. The SMILES string of the molecule is COc1ccc(OC)c(N2CC(C(=O)N(Cc3ccccc3)C(C)C)CC2=O)c1. The minimum atomic E-state index is -0.385. The Morgan fingerprint density at radius 2 is 1.86 bits per heavy atom. The van der Waals surface area contributed by atoms with Crippen molar-refractivity contribution in [3.05, 3.63) is 54.1 Å². The van der Waals surface area contributed by atoms with Crippen LogP contribution in [0.25, 0.3) is 0 Å². The molecule has 1 saturated heterocycles. The molecule has 6 heteroatoms. The Hall–Kier alpha value is -3.02. The van der Waals surface area contributed by atoms with Crippen LogP contribution in [0.15, 0.2) is 48.5 Å². The summed E-state index contributed by atoms with van der Waals surface area (Å²) in [5, 5.41) is 0. The fraction of sp³-hybridized carbons (Fsp3) is 0.391. The second-order valence-electron chi connectivity index (χ2n) is 7.49. The molecule has 1 aliphatic rings. The number of ether oxygens (including phenoxy) is 2. The largest absolute Gasteiger partial charge is 0.497 e. The maximum atomic E-state index is 13.3. The Kier molecular flexibility index (Phi) is 6.42. The highest BCUT2D eigenvalue weighted by Gasteiger charge is 2.38. The first-order valence-corrected chi connectivity index (χ1v) is 9.81. The van der Waals surface area contributed by atoms with Gasteiger partial charge in [0.15, 0.2) is 0 Å². The van der Waals surface area contributed by atoms with Gasteiger partial charge in [-0.3, -0.25) is 9.59 Å². The lowest BCUT2D eigenvalue weighted by atomic mass is 10.1. The monoisotopic (exact) mass is 396 g/mol. The number of rotatable bonds is 7. The van der Waals surface area contributed by atoms with Crippen molar-refractivity contribution < 1.29 is 19.1 Å². The summed E-state index contributed by atoms with van der Waals surface area (Å²) in [6.45, 7) is 4.87. The van der Waals surface area contributed by atoms with Gasteiger partial charge < -0.3 is 19.3 Å². The molecule has 0 N–H and O–H groups in total. The van der Waals surface area contributed by atoms with Crippen LogP contribution >= 0.6 is 0 Å². The molecule has 1 fully saturated rings. The summed E-state index contributed by atoms with van der Waals surface area (Å²) in [7, 11) is 3.14. The number of hydrogen-bond acceptors (Lipinski definition) is 4. The maximum absolute atomic E-state index is 13.3. The van der Waals surface area contributed by atoms with Gasteiger partial charge in [0.1, 0.15) is 11.5 Å². The minimum absolute atomic E-state index is 0.00145. The molecule has 1 atom stereocenters. The van der Waals surface area contributed by atoms with E-state index in [4.69, 9.17) is 9.47 Å². The normalized spacial score (nSPS) is 16.2. The second-order valence-corrected chi connectivity index (χ2v) is 7.49. The van der Waals surface area contributed by atoms with Crippen molar-refractivity contribution in [1.29, 1.82) is 0 Å². The lowest BCUT2D eigenvalue weighted by molar-refractivity contribution is -0.138. The van der Waals surface area contributed by atoms with Crippen LogP contribution in [0.4, 0.5) is 5.69 Å². The summed E-state index contributed by atoms with van der Waals surface area (Å²) in [6.07, 6.45) is 0.192. The topological polar surface area (TPSA) is 59.1 Å². The standard InChI is InChI=1S/C23H28N2O4/c1-16(2)24(14-17-8-6-5-7-9-17)23(27)18-12-22(26)25(15-18)20-13-19(28-3)10-11-21(20)29-4/h5-11,13,16,18H,12,14-15H2,1-4H3. The number of carbonyl (C=O) groups is 2. The maximum Gasteiger partial charge on any atom is 0.228 e. The minimum Gasteiger partial charge on any atom is -0.497 e. The number of carbonyl (C=O) groups excluding carboxylic acids is 2. The average molecular weight is 396 g/mol. The van der Waals surface area contributed by atoms with Crippen LogP contribution in [-0.4, -0.2) is 43.5 Å². The van der Waals surface area contributed by atoms with E-state index in [1.165, 1.54) is 0 Å². The van der Waals surface area contributed by atoms with Crippen molar-refractivity contribution in [3.63, 3.8) is 0 Å². The highest BCUT2D eigenvalue weighted by molar-refractivity contribution is 6.01. The average Bonchev–Trinajstić information content (AvgIpc) is 3.13. The molecule has 0 spiro atoms. The van der Waals surface area contributed by atoms with Gasteiger partial charge in [0.25, 0.3) is 0 Å². The van der Waals surface area contributed by atoms with Gasteiger partial charge in [0.05, 0.1) is 25.8 Å². The van der Waals surface area contributed by atoms with E-state index in [-0.39, 0.29) is 30.2 Å². The number of methoxy groups -OCH3 is 2. The number of amides is 2. The molecule has 154 valence electrons. The number of nitrogens with zero attached hydrogens (tertiary/aromatic N) is 2. The molecular weight excluding hydrogens is 368 g/mol. The molecule has 0 saturated carbocycles. The lowest BCUT2D eigenvalue weighted by Crippen LogP contribution is -2.41. The van der Waals surface area contributed by atoms with Crippen molar-refractivity contribution in [3.8, 4) is 11.5 Å². The zero-order valence-electron chi connectivity index (χ0n) is 17.4. The Balaban J connectivity index is 1.80. The number of benzene rings is 2. The fourth-order valence-electron chi connectivity index (χ4n) is 3.64. The number of anilines is 1. The zero-order chi connectivity index (χ0) is 21.0. The predicted octanol–water partition coefficient (Wildman–Crippen LogP) is 3.49. The van der Waals surface area contributed by atoms with Crippen molar-refractivity contribution >= 4 is 17.5 Å². The van der Waals surface area contributed by atoms with Crippen molar-refractivity contribution in [2.45, 2.75) is 32.9 Å². The van der Waals surface area contributed by atoms with E-state index < -0.39 is 0 Å². The Morgan fingerprint density at radius 1 is 1.14 bits per heavy atom. The Bertz CT molecular complexity index is 866. The van der Waals surface area contributed by atoms with Crippen molar-refractivity contribution in [2.24, 2.45) is 5.92 Å². The van der Waals surface area contributed by atoms with Crippen LogP contribution in [-0.2, 0) is 16.1 Å².